The van der Waals surface area contributed by atoms with Gasteiger partial charge in [0, 0.05) is 16.7 Å². The molecule has 5 rings (SSSR count). The minimum atomic E-state index is -0.219. The maximum absolute atomic E-state index is 13.3. The van der Waals surface area contributed by atoms with Crippen molar-refractivity contribution >= 4 is 28.4 Å². The molecule has 0 saturated carbocycles. The smallest absolute Gasteiger partial charge is 0.256 e. The number of carbonyl (C=O) groups is 2. The van der Waals surface area contributed by atoms with Crippen LogP contribution in [-0.2, 0) is 18.5 Å². The van der Waals surface area contributed by atoms with Crippen LogP contribution >= 0.6 is 0 Å². The van der Waals surface area contributed by atoms with E-state index >= 15 is 0 Å². The van der Waals surface area contributed by atoms with Gasteiger partial charge in [-0.2, -0.15) is 5.10 Å². The lowest BCUT2D eigenvalue weighted by molar-refractivity contribution is 0.0751. The summed E-state index contributed by atoms with van der Waals surface area (Å²) in [6.07, 6.45) is 0. The van der Waals surface area contributed by atoms with Crippen molar-refractivity contribution < 1.29 is 9.59 Å². The molecule has 6 nitrogen and oxygen atoms in total. The van der Waals surface area contributed by atoms with Crippen LogP contribution in [0.2, 0.25) is 0 Å². The highest BCUT2D eigenvalue weighted by atomic mass is 16.2. The minimum Gasteiger partial charge on any atom is -0.328 e. The highest BCUT2D eigenvalue weighted by molar-refractivity contribution is 6.07. The highest BCUT2D eigenvalue weighted by Crippen LogP contribution is 2.30. The van der Waals surface area contributed by atoms with E-state index in [1.54, 1.807) is 4.90 Å². The first kappa shape index (κ1) is 20.9. The predicted molar refractivity (Wildman–Crippen MR) is 129 cm³/mol. The number of rotatable bonds is 3. The zero-order chi connectivity index (χ0) is 23.2. The van der Waals surface area contributed by atoms with Crippen LogP contribution in [-0.4, -0.2) is 26.9 Å². The quantitative estimate of drug-likeness (QED) is 0.457. The summed E-state index contributed by atoms with van der Waals surface area (Å²) >= 11 is 0. The monoisotopic (exact) mass is 438 g/mol. The van der Waals surface area contributed by atoms with Gasteiger partial charge in [-0.05, 0) is 39.9 Å². The molecule has 2 amide bonds. The number of aromatic amines is 1. The number of nitrogens with one attached hydrogen (secondary N) is 2. The van der Waals surface area contributed by atoms with E-state index in [2.05, 4.69) is 36.3 Å². The molecular weight excluding hydrogens is 412 g/mol. The molecule has 6 heteroatoms. The van der Waals surface area contributed by atoms with E-state index in [9.17, 15) is 9.59 Å². The first-order valence-electron chi connectivity index (χ1n) is 11.1. The van der Waals surface area contributed by atoms with Gasteiger partial charge >= 0.3 is 0 Å². The van der Waals surface area contributed by atoms with Crippen molar-refractivity contribution in [1.29, 1.82) is 0 Å². The first-order chi connectivity index (χ1) is 15.8. The number of hydrogen-bond acceptors (Lipinski definition) is 3. The van der Waals surface area contributed by atoms with Gasteiger partial charge in [0.05, 0.1) is 18.8 Å². The molecule has 0 radical (unpaired) electrons. The number of carbonyl (C=O) groups excluding carboxylic acids is 2. The lowest BCUT2D eigenvalue weighted by atomic mass is 9.87. The van der Waals surface area contributed by atoms with Crippen LogP contribution in [0.1, 0.15) is 58.3 Å². The molecule has 0 spiro atoms. The Hall–Kier alpha value is -3.93. The molecule has 0 aliphatic carbocycles. The summed E-state index contributed by atoms with van der Waals surface area (Å²) in [4.78, 5) is 27.9. The second kappa shape index (κ2) is 7.89. The molecule has 4 aromatic rings. The number of anilines is 1. The normalized spacial score (nSPS) is 13.2. The van der Waals surface area contributed by atoms with Crippen molar-refractivity contribution in [2.45, 2.75) is 39.3 Å². The van der Waals surface area contributed by atoms with E-state index in [-0.39, 0.29) is 17.2 Å². The predicted octanol–water partition coefficient (Wildman–Crippen LogP) is 5.27. The van der Waals surface area contributed by atoms with Crippen molar-refractivity contribution in [3.8, 4) is 0 Å². The molecule has 166 valence electrons. The summed E-state index contributed by atoms with van der Waals surface area (Å²) in [5.41, 5.74) is 4.14. The maximum Gasteiger partial charge on any atom is 0.256 e. The fourth-order valence-electron chi connectivity index (χ4n) is 4.27. The standard InChI is InChI=1S/C27H26N4O2/c1-27(2,3)19-13-11-18(12-14-19)25(32)28-24-22-15-31(16-23(22)29-30-24)26(33)21-10-6-8-17-7-4-5-9-20(17)21/h4-14H,15-16H2,1-3H3,(H2,28,29,30,32). The van der Waals surface area contributed by atoms with E-state index in [1.165, 1.54) is 5.56 Å². The molecule has 0 saturated heterocycles. The molecule has 0 bridgehead atoms. The van der Waals surface area contributed by atoms with Gasteiger partial charge < -0.3 is 10.2 Å². The maximum atomic E-state index is 13.3. The van der Waals surface area contributed by atoms with Gasteiger partial charge in [0.25, 0.3) is 11.8 Å². The number of fused-ring (bicyclic) bond motifs is 2. The van der Waals surface area contributed by atoms with Gasteiger partial charge in [0.1, 0.15) is 0 Å². The summed E-state index contributed by atoms with van der Waals surface area (Å²) in [5.74, 6) is 0.221. The topological polar surface area (TPSA) is 78.1 Å². The molecule has 33 heavy (non-hydrogen) atoms. The number of H-pyrrole nitrogens is 1. The van der Waals surface area contributed by atoms with Crippen LogP contribution in [0.25, 0.3) is 10.8 Å². The highest BCUT2D eigenvalue weighted by Gasteiger charge is 2.30. The Morgan fingerprint density at radius 2 is 1.67 bits per heavy atom. The first-order valence-corrected chi connectivity index (χ1v) is 11.1. The Kier molecular flexibility index (Phi) is 5.01. The molecule has 1 aliphatic rings. The van der Waals surface area contributed by atoms with Crippen LogP contribution < -0.4 is 5.32 Å². The van der Waals surface area contributed by atoms with Crippen molar-refractivity contribution in [2.24, 2.45) is 0 Å². The minimum absolute atomic E-state index is 0.0259. The zero-order valence-electron chi connectivity index (χ0n) is 19.0. The molecule has 2 N–H and O–H groups in total. The Balaban J connectivity index is 1.33. The lowest BCUT2D eigenvalue weighted by Gasteiger charge is -2.19. The third-order valence-corrected chi connectivity index (χ3v) is 6.20. The Bertz CT molecular complexity index is 1360. The average Bonchev–Trinajstić information content (AvgIpc) is 3.39. The van der Waals surface area contributed by atoms with E-state index in [1.807, 2.05) is 66.7 Å². The molecule has 1 aliphatic heterocycles. The van der Waals surface area contributed by atoms with Gasteiger partial charge in [-0.15, -0.1) is 0 Å². The van der Waals surface area contributed by atoms with E-state index in [0.717, 1.165) is 22.0 Å². The SMILES string of the molecule is CC(C)(C)c1ccc(C(=O)Nc2n[nH]c3c2CN(C(=O)c2cccc4ccccc24)C3)cc1. The summed E-state index contributed by atoms with van der Waals surface area (Å²) in [5, 5.41) is 12.1. The Morgan fingerprint density at radius 3 is 2.42 bits per heavy atom. The molecule has 2 heterocycles. The molecule has 0 atom stereocenters. The molecule has 0 unspecified atom stereocenters. The van der Waals surface area contributed by atoms with Crippen LogP contribution in [0.4, 0.5) is 5.82 Å². The zero-order valence-corrected chi connectivity index (χ0v) is 19.0. The fraction of sp³-hybridized carbons (Fsp3) is 0.222. The number of amides is 2. The third-order valence-electron chi connectivity index (χ3n) is 6.20. The Labute approximate surface area is 192 Å². The molecule has 3 aromatic carbocycles. The summed E-state index contributed by atoms with van der Waals surface area (Å²) in [6, 6.07) is 21.3. The third kappa shape index (κ3) is 3.89. The second-order valence-electron chi connectivity index (χ2n) is 9.50. The molecule has 0 fully saturated rings. The second-order valence-corrected chi connectivity index (χ2v) is 9.50. The molecule has 1 aromatic heterocycles. The summed E-state index contributed by atoms with van der Waals surface area (Å²) < 4.78 is 0. The lowest BCUT2D eigenvalue weighted by Crippen LogP contribution is -2.26. The largest absolute Gasteiger partial charge is 0.328 e. The summed E-state index contributed by atoms with van der Waals surface area (Å²) in [6.45, 7) is 7.24. The number of benzene rings is 3. The average molecular weight is 439 g/mol. The van der Waals surface area contributed by atoms with Crippen molar-refractivity contribution in [2.75, 3.05) is 5.32 Å². The van der Waals surface area contributed by atoms with E-state index in [0.29, 0.717) is 30.0 Å². The van der Waals surface area contributed by atoms with Gasteiger partial charge in [-0.25, -0.2) is 0 Å². The number of aromatic nitrogens is 2. The van der Waals surface area contributed by atoms with Crippen LogP contribution in [0.15, 0.2) is 66.7 Å². The Morgan fingerprint density at radius 1 is 0.939 bits per heavy atom. The van der Waals surface area contributed by atoms with E-state index < -0.39 is 0 Å². The van der Waals surface area contributed by atoms with Crippen LogP contribution in [0, 0.1) is 0 Å². The van der Waals surface area contributed by atoms with Crippen molar-refractivity contribution in [1.82, 2.24) is 15.1 Å². The number of nitrogens with zero attached hydrogens (tertiary/aromatic N) is 2. The van der Waals surface area contributed by atoms with Gasteiger partial charge in [0.2, 0.25) is 0 Å². The fourth-order valence-corrected chi connectivity index (χ4v) is 4.27. The van der Waals surface area contributed by atoms with Crippen LogP contribution in [0.3, 0.4) is 0 Å². The number of hydrogen-bond donors (Lipinski definition) is 2. The van der Waals surface area contributed by atoms with Gasteiger partial charge in [-0.1, -0.05) is 69.3 Å². The van der Waals surface area contributed by atoms with Crippen molar-refractivity contribution in [3.05, 3.63) is 94.7 Å². The molecular formula is C27H26N4O2. The van der Waals surface area contributed by atoms with Gasteiger partial charge in [0.15, 0.2) is 5.82 Å². The van der Waals surface area contributed by atoms with Crippen LogP contribution in [0.5, 0.6) is 0 Å². The van der Waals surface area contributed by atoms with Gasteiger partial charge in [-0.3, -0.25) is 14.7 Å². The summed E-state index contributed by atoms with van der Waals surface area (Å²) in [7, 11) is 0. The van der Waals surface area contributed by atoms with Crippen molar-refractivity contribution in [3.63, 3.8) is 0 Å². The van der Waals surface area contributed by atoms with E-state index in [4.69, 9.17) is 0 Å².